The molecular weight excluding hydrogens is 416 g/mol. The number of carbonyl (C=O) groups is 1. The molecule has 0 radical (unpaired) electrons. The zero-order valence-electron chi connectivity index (χ0n) is 15.0. The van der Waals surface area contributed by atoms with Gasteiger partial charge in [0.1, 0.15) is 5.82 Å². The summed E-state index contributed by atoms with van der Waals surface area (Å²) in [7, 11) is 1.82. The number of imidazole rings is 1. The van der Waals surface area contributed by atoms with Gasteiger partial charge in [0.25, 0.3) is 5.91 Å². The average Bonchev–Trinajstić information content (AvgIpc) is 3.20. The van der Waals surface area contributed by atoms with Crippen molar-refractivity contribution < 1.29 is 4.79 Å². The lowest BCUT2D eigenvalue weighted by molar-refractivity contribution is -0.122. The van der Waals surface area contributed by atoms with E-state index in [9.17, 15) is 4.79 Å². The maximum atomic E-state index is 13.8. The Morgan fingerprint density at radius 3 is 2.71 bits per heavy atom. The van der Waals surface area contributed by atoms with Gasteiger partial charge in [-0.05, 0) is 42.5 Å². The summed E-state index contributed by atoms with van der Waals surface area (Å²) >= 11 is 3.58. The van der Waals surface area contributed by atoms with Crippen molar-refractivity contribution in [3.05, 3.63) is 76.8 Å². The molecule has 0 fully saturated rings. The molecule has 3 heterocycles. The standard InChI is InChI=1S/C22H15BrN4O/c1-26-18-11-10-13(23)12-15(18)22(21(26)28)25-16-7-3-2-6-14(16)20-24-17-8-4-5-9-19(17)27(20)22/h2-12,25H,1H3/t22-/m0/s1. The molecule has 0 unspecified atom stereocenters. The van der Waals surface area contributed by atoms with E-state index in [4.69, 9.17) is 4.98 Å². The molecule has 6 heteroatoms. The fourth-order valence-electron chi connectivity index (χ4n) is 4.48. The maximum absolute atomic E-state index is 13.8. The van der Waals surface area contributed by atoms with Crippen molar-refractivity contribution in [2.45, 2.75) is 5.66 Å². The summed E-state index contributed by atoms with van der Waals surface area (Å²) in [6, 6.07) is 21.9. The van der Waals surface area contributed by atoms with Gasteiger partial charge < -0.3 is 10.2 Å². The van der Waals surface area contributed by atoms with Crippen molar-refractivity contribution in [1.82, 2.24) is 9.55 Å². The first kappa shape index (κ1) is 15.9. The third kappa shape index (κ3) is 1.76. The predicted molar refractivity (Wildman–Crippen MR) is 113 cm³/mol. The van der Waals surface area contributed by atoms with Crippen LogP contribution in [0.2, 0.25) is 0 Å². The maximum Gasteiger partial charge on any atom is 0.278 e. The van der Waals surface area contributed by atoms with Gasteiger partial charge >= 0.3 is 0 Å². The number of likely N-dealkylation sites (N-methyl/N-ethyl adjacent to an activating group) is 1. The number of aromatic nitrogens is 2. The van der Waals surface area contributed by atoms with Gasteiger partial charge in [-0.2, -0.15) is 0 Å². The molecule has 0 saturated heterocycles. The zero-order valence-corrected chi connectivity index (χ0v) is 16.6. The number of nitrogens with one attached hydrogen (secondary N) is 1. The number of para-hydroxylation sites is 3. The topological polar surface area (TPSA) is 50.2 Å². The summed E-state index contributed by atoms with van der Waals surface area (Å²) in [6.45, 7) is 0. The van der Waals surface area contributed by atoms with Crippen LogP contribution in [0.4, 0.5) is 11.4 Å². The quantitative estimate of drug-likeness (QED) is 0.444. The van der Waals surface area contributed by atoms with Gasteiger partial charge in [0, 0.05) is 28.3 Å². The molecule has 2 aliphatic heterocycles. The average molecular weight is 431 g/mol. The summed E-state index contributed by atoms with van der Waals surface area (Å²) < 4.78 is 2.99. The fraction of sp³-hybridized carbons (Fsp3) is 0.0909. The minimum absolute atomic E-state index is 0.0282. The summed E-state index contributed by atoms with van der Waals surface area (Å²) in [4.78, 5) is 20.4. The molecule has 1 amide bonds. The normalized spacial score (nSPS) is 19.5. The van der Waals surface area contributed by atoms with Crippen LogP contribution in [-0.4, -0.2) is 22.5 Å². The van der Waals surface area contributed by atoms with Crippen LogP contribution in [0, 0.1) is 0 Å². The van der Waals surface area contributed by atoms with Gasteiger partial charge in [0.05, 0.1) is 16.7 Å². The number of fused-ring (bicyclic) bond motifs is 8. The Labute approximate surface area is 169 Å². The van der Waals surface area contributed by atoms with E-state index < -0.39 is 5.66 Å². The molecule has 1 atom stereocenters. The second-order valence-corrected chi connectivity index (χ2v) is 8.08. The number of nitrogens with zero attached hydrogens (tertiary/aromatic N) is 3. The van der Waals surface area contributed by atoms with Crippen LogP contribution < -0.4 is 10.2 Å². The lowest BCUT2D eigenvalue weighted by Crippen LogP contribution is -2.52. The molecule has 0 saturated carbocycles. The Kier molecular flexibility index (Phi) is 2.97. The summed E-state index contributed by atoms with van der Waals surface area (Å²) in [5, 5.41) is 3.58. The molecule has 1 spiro atoms. The van der Waals surface area contributed by atoms with E-state index in [0.717, 1.165) is 43.8 Å². The Hall–Kier alpha value is -3.12. The van der Waals surface area contributed by atoms with Crippen molar-refractivity contribution in [3.8, 4) is 11.4 Å². The number of amides is 1. The molecule has 3 aromatic carbocycles. The minimum atomic E-state index is -1.08. The number of anilines is 2. The first-order valence-corrected chi connectivity index (χ1v) is 9.84. The van der Waals surface area contributed by atoms with E-state index in [2.05, 4.69) is 25.8 Å². The predicted octanol–water partition coefficient (Wildman–Crippen LogP) is 4.57. The highest BCUT2D eigenvalue weighted by Crippen LogP contribution is 2.50. The molecule has 2 aliphatic rings. The Morgan fingerprint density at radius 2 is 1.82 bits per heavy atom. The van der Waals surface area contributed by atoms with Gasteiger partial charge in [-0.3, -0.25) is 9.36 Å². The highest BCUT2D eigenvalue weighted by molar-refractivity contribution is 9.10. The third-order valence-electron chi connectivity index (χ3n) is 5.70. The summed E-state index contributed by atoms with van der Waals surface area (Å²) in [5.74, 6) is 0.768. The Bertz CT molecular complexity index is 1310. The molecule has 0 bridgehead atoms. The van der Waals surface area contributed by atoms with Crippen LogP contribution >= 0.6 is 15.9 Å². The molecular formula is C22H15BrN4O. The monoisotopic (exact) mass is 430 g/mol. The fourth-order valence-corrected chi connectivity index (χ4v) is 4.84. The van der Waals surface area contributed by atoms with Gasteiger partial charge in [0.2, 0.25) is 5.66 Å². The number of hydrogen-bond donors (Lipinski definition) is 1. The van der Waals surface area contributed by atoms with Crippen molar-refractivity contribution in [3.63, 3.8) is 0 Å². The minimum Gasteiger partial charge on any atom is -0.350 e. The molecule has 0 aliphatic carbocycles. The van der Waals surface area contributed by atoms with Crippen LogP contribution in [0.25, 0.3) is 22.4 Å². The van der Waals surface area contributed by atoms with Crippen molar-refractivity contribution in [2.75, 3.05) is 17.3 Å². The first-order valence-electron chi connectivity index (χ1n) is 9.05. The molecule has 5 nitrogen and oxygen atoms in total. The lowest BCUT2D eigenvalue weighted by atomic mass is 9.95. The van der Waals surface area contributed by atoms with Gasteiger partial charge in [-0.15, -0.1) is 0 Å². The van der Waals surface area contributed by atoms with Crippen LogP contribution in [0.5, 0.6) is 0 Å². The largest absolute Gasteiger partial charge is 0.350 e. The number of carbonyl (C=O) groups excluding carboxylic acids is 1. The molecule has 1 aromatic heterocycles. The third-order valence-corrected chi connectivity index (χ3v) is 6.20. The molecule has 6 rings (SSSR count). The van der Waals surface area contributed by atoms with Crippen LogP contribution in [0.15, 0.2) is 71.2 Å². The number of benzene rings is 3. The molecule has 136 valence electrons. The molecule has 4 aromatic rings. The lowest BCUT2D eigenvalue weighted by Gasteiger charge is -2.38. The first-order chi connectivity index (χ1) is 13.6. The van der Waals surface area contributed by atoms with E-state index in [-0.39, 0.29) is 5.91 Å². The van der Waals surface area contributed by atoms with Crippen LogP contribution in [0.3, 0.4) is 0 Å². The highest BCUT2D eigenvalue weighted by Gasteiger charge is 2.55. The van der Waals surface area contributed by atoms with E-state index in [1.165, 1.54) is 0 Å². The summed E-state index contributed by atoms with van der Waals surface area (Å²) in [5.41, 5.74) is 4.41. The van der Waals surface area contributed by atoms with Crippen molar-refractivity contribution >= 4 is 44.2 Å². The second-order valence-electron chi connectivity index (χ2n) is 7.17. The van der Waals surface area contributed by atoms with Crippen molar-refractivity contribution in [2.24, 2.45) is 0 Å². The van der Waals surface area contributed by atoms with E-state index in [1.54, 1.807) is 4.90 Å². The smallest absolute Gasteiger partial charge is 0.278 e. The van der Waals surface area contributed by atoms with Crippen LogP contribution in [0.1, 0.15) is 5.56 Å². The molecule has 1 N–H and O–H groups in total. The highest BCUT2D eigenvalue weighted by atomic mass is 79.9. The van der Waals surface area contributed by atoms with E-state index in [0.29, 0.717) is 0 Å². The Balaban J connectivity index is 1.81. The Morgan fingerprint density at radius 1 is 1.04 bits per heavy atom. The SMILES string of the molecule is CN1C(=O)[C@]2(Nc3ccccc3-c3nc4ccccc4n32)c2cc(Br)ccc21. The number of halogens is 1. The number of rotatable bonds is 0. The van der Waals surface area contributed by atoms with Gasteiger partial charge in [0.15, 0.2) is 0 Å². The van der Waals surface area contributed by atoms with Crippen molar-refractivity contribution in [1.29, 1.82) is 0 Å². The summed E-state index contributed by atoms with van der Waals surface area (Å²) in [6.07, 6.45) is 0. The molecule has 28 heavy (non-hydrogen) atoms. The number of hydrogen-bond acceptors (Lipinski definition) is 3. The van der Waals surface area contributed by atoms with E-state index >= 15 is 0 Å². The van der Waals surface area contributed by atoms with Gasteiger partial charge in [-0.25, -0.2) is 4.98 Å². The van der Waals surface area contributed by atoms with Crippen LogP contribution in [-0.2, 0) is 10.5 Å². The zero-order chi connectivity index (χ0) is 19.0. The van der Waals surface area contributed by atoms with Gasteiger partial charge in [-0.1, -0.05) is 40.2 Å². The second kappa shape index (κ2) is 5.23. The van der Waals surface area contributed by atoms with E-state index in [1.807, 2.05) is 73.8 Å².